The third-order valence-corrected chi connectivity index (χ3v) is 9.97. The molecule has 2 heterocycles. The number of aliphatic hydroxyl groups is 1. The molecule has 1 aliphatic carbocycles. The minimum atomic E-state index is -0.856. The standard InChI is InChI=1S/C35H48N4O5.ClH/c1-4-5-20-39-33(42)30(31(40)26-10-6-24(2)7-11-26)37-34(43)35(39)18-21-38(22-19-35)23-25-8-14-28(15-9-25)44-29-16-12-27(13-17-29)32(41)36-3;/h8-9,12-17,24,26,30-31,40H,4-7,10-11,18-23H2,1-3H3,(H,36,41)(H,37,43);1H/t24-,26+,30-,31-;/m1./s1. The fourth-order valence-electron chi connectivity index (χ4n) is 7.06. The highest BCUT2D eigenvalue weighted by Gasteiger charge is 2.55. The van der Waals surface area contributed by atoms with Gasteiger partial charge in [-0.3, -0.25) is 19.3 Å². The number of nitrogens with zero attached hydrogens (tertiary/aromatic N) is 2. The predicted molar refractivity (Wildman–Crippen MR) is 177 cm³/mol. The SMILES string of the molecule is CCCCN1C(=O)[C@@H]([C@H](O)[C@H]2CC[C@@H](C)CC2)NC(=O)C12CCN(Cc1ccc(Oc3ccc(C(=O)NC)cc3)cc1)CC2.Cl. The van der Waals surface area contributed by atoms with Gasteiger partial charge in [0.2, 0.25) is 11.8 Å². The van der Waals surface area contributed by atoms with Gasteiger partial charge in [-0.1, -0.05) is 45.2 Å². The summed E-state index contributed by atoms with van der Waals surface area (Å²) in [5, 5.41) is 16.9. The lowest BCUT2D eigenvalue weighted by Gasteiger charge is -2.52. The number of nitrogens with one attached hydrogen (secondary N) is 2. The number of benzene rings is 2. The van der Waals surface area contributed by atoms with Crippen LogP contribution < -0.4 is 15.4 Å². The first-order valence-corrected chi connectivity index (χ1v) is 16.4. The second-order valence-electron chi connectivity index (χ2n) is 13.0. The van der Waals surface area contributed by atoms with Crippen LogP contribution in [-0.4, -0.2) is 77.0 Å². The largest absolute Gasteiger partial charge is 0.457 e. The molecule has 5 rings (SSSR count). The Morgan fingerprint density at radius 2 is 1.62 bits per heavy atom. The first-order chi connectivity index (χ1) is 21.2. The molecule has 2 aliphatic heterocycles. The number of hydrogen-bond acceptors (Lipinski definition) is 6. The Morgan fingerprint density at radius 3 is 2.20 bits per heavy atom. The zero-order valence-electron chi connectivity index (χ0n) is 26.8. The van der Waals surface area contributed by atoms with E-state index in [1.54, 1.807) is 31.3 Å². The van der Waals surface area contributed by atoms with E-state index >= 15 is 0 Å². The second-order valence-corrected chi connectivity index (χ2v) is 13.0. The van der Waals surface area contributed by atoms with E-state index in [1.165, 1.54) is 0 Å². The van der Waals surface area contributed by atoms with E-state index < -0.39 is 17.7 Å². The lowest BCUT2D eigenvalue weighted by molar-refractivity contribution is -0.166. The molecular formula is C35H49ClN4O5. The maximum Gasteiger partial charge on any atom is 0.251 e. The van der Waals surface area contributed by atoms with Crippen LogP contribution in [-0.2, 0) is 16.1 Å². The number of aliphatic hydroxyl groups excluding tert-OH is 1. The molecule has 2 aromatic carbocycles. The van der Waals surface area contributed by atoms with Crippen molar-refractivity contribution < 1.29 is 24.2 Å². The summed E-state index contributed by atoms with van der Waals surface area (Å²) in [5.41, 5.74) is 0.861. The highest BCUT2D eigenvalue weighted by molar-refractivity contribution is 6.00. The molecule has 3 amide bonds. The van der Waals surface area contributed by atoms with E-state index in [1.807, 2.05) is 29.2 Å². The molecule has 45 heavy (non-hydrogen) atoms. The molecule has 246 valence electrons. The summed E-state index contributed by atoms with van der Waals surface area (Å²) in [6.07, 6.45) is 5.99. The van der Waals surface area contributed by atoms with Crippen LogP contribution >= 0.6 is 12.4 Å². The third kappa shape index (κ3) is 7.81. The van der Waals surface area contributed by atoms with Gasteiger partial charge in [-0.05, 0) is 85.9 Å². The zero-order valence-corrected chi connectivity index (χ0v) is 27.6. The summed E-state index contributed by atoms with van der Waals surface area (Å²) < 4.78 is 5.96. The van der Waals surface area contributed by atoms with Crippen LogP contribution in [0, 0.1) is 11.8 Å². The Morgan fingerprint density at radius 1 is 1.02 bits per heavy atom. The molecule has 3 aliphatic rings. The number of unbranched alkanes of at least 4 members (excludes halogenated alkanes) is 1. The van der Waals surface area contributed by atoms with Gasteiger partial charge in [-0.2, -0.15) is 0 Å². The van der Waals surface area contributed by atoms with E-state index in [9.17, 15) is 19.5 Å². The van der Waals surface area contributed by atoms with Gasteiger partial charge in [0.15, 0.2) is 0 Å². The quantitative estimate of drug-likeness (QED) is 0.340. The molecule has 10 heteroatoms. The fraction of sp³-hybridized carbons (Fsp3) is 0.571. The molecule has 1 spiro atoms. The molecule has 2 saturated heterocycles. The van der Waals surface area contributed by atoms with Gasteiger partial charge in [0.05, 0.1) is 6.10 Å². The van der Waals surface area contributed by atoms with Gasteiger partial charge >= 0.3 is 0 Å². The van der Waals surface area contributed by atoms with Crippen LogP contribution in [0.15, 0.2) is 48.5 Å². The molecule has 0 aromatic heterocycles. The second kappa shape index (κ2) is 15.4. The van der Waals surface area contributed by atoms with Crippen molar-refractivity contribution >= 4 is 30.1 Å². The van der Waals surface area contributed by atoms with Crippen molar-refractivity contribution in [3.8, 4) is 11.5 Å². The van der Waals surface area contributed by atoms with Crippen molar-refractivity contribution in [2.24, 2.45) is 11.8 Å². The van der Waals surface area contributed by atoms with Crippen molar-refractivity contribution in [2.75, 3.05) is 26.7 Å². The Labute approximate surface area is 273 Å². The van der Waals surface area contributed by atoms with Crippen LogP contribution in [0.1, 0.15) is 81.1 Å². The van der Waals surface area contributed by atoms with Gasteiger partial charge in [0.25, 0.3) is 5.91 Å². The van der Waals surface area contributed by atoms with Crippen molar-refractivity contribution in [2.45, 2.75) is 89.4 Å². The van der Waals surface area contributed by atoms with Crippen LogP contribution in [0.4, 0.5) is 0 Å². The monoisotopic (exact) mass is 640 g/mol. The summed E-state index contributed by atoms with van der Waals surface area (Å²) in [4.78, 5) is 43.6. The van der Waals surface area contributed by atoms with E-state index in [2.05, 4.69) is 29.4 Å². The van der Waals surface area contributed by atoms with Crippen LogP contribution in [0.5, 0.6) is 11.5 Å². The lowest BCUT2D eigenvalue weighted by Crippen LogP contribution is -2.75. The Kier molecular flexibility index (Phi) is 11.9. The Balaban J connectivity index is 0.00000461. The minimum Gasteiger partial charge on any atom is -0.457 e. The van der Waals surface area contributed by atoms with E-state index in [0.29, 0.717) is 55.5 Å². The Bertz CT molecular complexity index is 1290. The summed E-state index contributed by atoms with van der Waals surface area (Å²) >= 11 is 0. The Hall–Kier alpha value is -3.14. The normalized spacial score (nSPS) is 24.0. The number of piperazine rings is 1. The summed E-state index contributed by atoms with van der Waals surface area (Å²) in [6, 6.07) is 14.1. The first-order valence-electron chi connectivity index (χ1n) is 16.4. The predicted octanol–water partition coefficient (Wildman–Crippen LogP) is 4.91. The molecular weight excluding hydrogens is 592 g/mol. The number of hydrogen-bond donors (Lipinski definition) is 3. The van der Waals surface area contributed by atoms with Gasteiger partial charge < -0.3 is 25.4 Å². The average molecular weight is 641 g/mol. The first kappa shape index (κ1) is 34.7. The smallest absolute Gasteiger partial charge is 0.251 e. The van der Waals surface area contributed by atoms with Crippen molar-refractivity contribution in [3.05, 3.63) is 59.7 Å². The van der Waals surface area contributed by atoms with Crippen molar-refractivity contribution in [3.63, 3.8) is 0 Å². The highest BCUT2D eigenvalue weighted by Crippen LogP contribution is 2.37. The van der Waals surface area contributed by atoms with Gasteiger partial charge in [0, 0.05) is 38.8 Å². The number of rotatable bonds is 10. The van der Waals surface area contributed by atoms with Crippen molar-refractivity contribution in [1.82, 2.24) is 20.4 Å². The number of amides is 3. The summed E-state index contributed by atoms with van der Waals surface area (Å²) in [7, 11) is 1.60. The third-order valence-electron chi connectivity index (χ3n) is 9.97. The lowest BCUT2D eigenvalue weighted by atomic mass is 9.76. The molecule has 0 radical (unpaired) electrons. The number of halogens is 1. The number of piperidine rings is 1. The van der Waals surface area contributed by atoms with Crippen LogP contribution in [0.25, 0.3) is 0 Å². The van der Waals surface area contributed by atoms with E-state index in [4.69, 9.17) is 4.74 Å². The maximum absolute atomic E-state index is 13.9. The van der Waals surface area contributed by atoms with Crippen molar-refractivity contribution in [1.29, 1.82) is 0 Å². The van der Waals surface area contributed by atoms with Gasteiger partial charge in [0.1, 0.15) is 23.1 Å². The molecule has 2 aromatic rings. The number of ether oxygens (including phenoxy) is 1. The van der Waals surface area contributed by atoms with E-state index in [0.717, 1.165) is 50.6 Å². The molecule has 9 nitrogen and oxygen atoms in total. The highest BCUT2D eigenvalue weighted by atomic mass is 35.5. The molecule has 0 unspecified atom stereocenters. The van der Waals surface area contributed by atoms with E-state index in [-0.39, 0.29) is 36.0 Å². The van der Waals surface area contributed by atoms with Gasteiger partial charge in [-0.25, -0.2) is 0 Å². The summed E-state index contributed by atoms with van der Waals surface area (Å²) in [6.45, 7) is 7.02. The zero-order chi connectivity index (χ0) is 31.3. The molecule has 3 fully saturated rings. The number of likely N-dealkylation sites (tertiary alicyclic amines) is 1. The van der Waals surface area contributed by atoms with Crippen LogP contribution in [0.3, 0.4) is 0 Å². The van der Waals surface area contributed by atoms with Crippen LogP contribution in [0.2, 0.25) is 0 Å². The topological polar surface area (TPSA) is 111 Å². The molecule has 0 bridgehead atoms. The van der Waals surface area contributed by atoms with Gasteiger partial charge in [-0.15, -0.1) is 12.4 Å². The summed E-state index contributed by atoms with van der Waals surface area (Å²) in [5.74, 6) is 1.71. The number of carbonyl (C=O) groups excluding carboxylic acids is 3. The average Bonchev–Trinajstić information content (AvgIpc) is 3.04. The fourth-order valence-corrected chi connectivity index (χ4v) is 7.06. The molecule has 3 N–H and O–H groups in total. The maximum atomic E-state index is 13.9. The molecule has 2 atom stereocenters. The molecule has 1 saturated carbocycles. The number of carbonyl (C=O) groups is 3. The minimum absolute atomic E-state index is 0.